The van der Waals surface area contributed by atoms with Crippen LogP contribution >= 0.6 is 0 Å². The lowest BCUT2D eigenvalue weighted by molar-refractivity contribution is 0.0587. The van der Waals surface area contributed by atoms with Crippen molar-refractivity contribution in [2.75, 3.05) is 9.80 Å². The lowest BCUT2D eigenvalue weighted by Crippen LogP contribution is -2.34. The molecule has 3 aromatic carbocycles. The van der Waals surface area contributed by atoms with Crippen molar-refractivity contribution in [3.8, 4) is 33.9 Å². The average molecular weight is 692 g/mol. The first kappa shape index (κ1) is 35.5. The first-order valence-corrected chi connectivity index (χ1v) is 17.0. The van der Waals surface area contributed by atoms with Gasteiger partial charge in [0.25, 0.3) is 0 Å². The molecule has 2 amide bonds. The maximum atomic E-state index is 13.8. The Balaban J connectivity index is 1.37. The van der Waals surface area contributed by atoms with Gasteiger partial charge in [0.2, 0.25) is 0 Å². The third-order valence-corrected chi connectivity index (χ3v) is 7.67. The molecule has 6 rings (SSSR count). The third-order valence-electron chi connectivity index (χ3n) is 7.67. The topological polar surface area (TPSA) is 97.8 Å². The van der Waals surface area contributed by atoms with E-state index >= 15 is 0 Å². The smallest absolute Gasteiger partial charge is 0.419 e. The summed E-state index contributed by atoms with van der Waals surface area (Å²) < 4.78 is 11.6. The molecule has 0 radical (unpaired) electrons. The second-order valence-corrected chi connectivity index (χ2v) is 14.1. The Morgan fingerprint density at radius 1 is 0.462 bits per heavy atom. The van der Waals surface area contributed by atoms with Crippen LogP contribution in [0.1, 0.15) is 41.5 Å². The van der Waals surface area contributed by atoms with Gasteiger partial charge in [0, 0.05) is 12.4 Å². The standard InChI is InChI=1S/C43H41N5O4/c1-42(2,3)51-40(49)47(32-14-8-7-9-15-32)34-22-24-35(25-23-34)48(41(50)52-43(4,5)6)33-20-18-30(19-21-33)31-28-38(36-16-10-12-26-44-36)46-39(29-31)37-17-11-13-27-45-37/h7-29H,1-6H3. The summed E-state index contributed by atoms with van der Waals surface area (Å²) in [5.41, 5.74) is 5.70. The maximum Gasteiger partial charge on any atom is 0.419 e. The summed E-state index contributed by atoms with van der Waals surface area (Å²) in [6.07, 6.45) is 2.43. The fraction of sp³-hybridized carbons (Fsp3) is 0.186. The molecule has 0 spiro atoms. The molecule has 0 aliphatic rings. The fourth-order valence-electron chi connectivity index (χ4n) is 5.45. The fourth-order valence-corrected chi connectivity index (χ4v) is 5.45. The normalized spacial score (nSPS) is 11.4. The minimum absolute atomic E-state index is 0.514. The number of nitrogens with zero attached hydrogens (tertiary/aromatic N) is 5. The molecule has 3 heterocycles. The molecule has 9 nitrogen and oxygen atoms in total. The molecule has 0 N–H and O–H groups in total. The number of hydrogen-bond donors (Lipinski definition) is 0. The van der Waals surface area contributed by atoms with Gasteiger partial charge in [-0.15, -0.1) is 0 Å². The van der Waals surface area contributed by atoms with Crippen LogP contribution < -0.4 is 9.80 Å². The molecule has 0 fully saturated rings. The lowest BCUT2D eigenvalue weighted by atomic mass is 10.0. The monoisotopic (exact) mass is 691 g/mol. The highest BCUT2D eigenvalue weighted by Gasteiger charge is 2.28. The number of pyridine rings is 3. The van der Waals surface area contributed by atoms with Gasteiger partial charge in [-0.2, -0.15) is 0 Å². The van der Waals surface area contributed by atoms with E-state index in [9.17, 15) is 9.59 Å². The van der Waals surface area contributed by atoms with E-state index in [-0.39, 0.29) is 0 Å². The van der Waals surface area contributed by atoms with Gasteiger partial charge in [-0.05, 0) is 138 Å². The average Bonchev–Trinajstić information content (AvgIpc) is 3.12. The lowest BCUT2D eigenvalue weighted by Gasteiger charge is -2.29. The second-order valence-electron chi connectivity index (χ2n) is 14.1. The van der Waals surface area contributed by atoms with Gasteiger partial charge in [-0.3, -0.25) is 9.97 Å². The van der Waals surface area contributed by atoms with Crippen LogP contribution in [0.25, 0.3) is 33.9 Å². The van der Waals surface area contributed by atoms with Crippen LogP contribution in [0.15, 0.2) is 140 Å². The minimum atomic E-state index is -0.739. The highest BCUT2D eigenvalue weighted by Crippen LogP contribution is 2.35. The molecule has 3 aromatic heterocycles. The van der Waals surface area contributed by atoms with Crippen LogP contribution in [0.2, 0.25) is 0 Å². The highest BCUT2D eigenvalue weighted by molar-refractivity contribution is 5.99. The van der Waals surface area contributed by atoms with Crippen molar-refractivity contribution >= 4 is 34.9 Å². The Labute approximate surface area is 304 Å². The largest absolute Gasteiger partial charge is 0.443 e. The highest BCUT2D eigenvalue weighted by atomic mass is 16.6. The van der Waals surface area contributed by atoms with E-state index in [2.05, 4.69) is 9.97 Å². The third kappa shape index (κ3) is 8.68. The van der Waals surface area contributed by atoms with Crippen molar-refractivity contribution < 1.29 is 19.1 Å². The minimum Gasteiger partial charge on any atom is -0.443 e. The molecular formula is C43H41N5O4. The second kappa shape index (κ2) is 14.9. The molecule has 0 saturated heterocycles. The van der Waals surface area contributed by atoms with E-state index in [1.165, 1.54) is 9.80 Å². The number of amides is 2. The van der Waals surface area contributed by atoms with Gasteiger partial charge < -0.3 is 9.47 Å². The van der Waals surface area contributed by atoms with Crippen molar-refractivity contribution in [2.45, 2.75) is 52.7 Å². The number of anilines is 4. The van der Waals surface area contributed by atoms with E-state index < -0.39 is 23.4 Å². The predicted octanol–water partition coefficient (Wildman–Crippen LogP) is 11.0. The molecular weight excluding hydrogens is 651 g/mol. The van der Waals surface area contributed by atoms with E-state index in [4.69, 9.17) is 14.5 Å². The summed E-state index contributed by atoms with van der Waals surface area (Å²) in [5.74, 6) is 0. The Morgan fingerprint density at radius 3 is 1.23 bits per heavy atom. The summed E-state index contributed by atoms with van der Waals surface area (Å²) in [4.78, 5) is 44.2. The molecule has 0 unspecified atom stereocenters. The SMILES string of the molecule is CC(C)(C)OC(=O)N(c1ccccc1)c1ccc(N(C(=O)OC(C)(C)C)c2ccc(-c3cc(-c4ccccn4)nc(-c4ccccn4)c3)cc2)cc1. The van der Waals surface area contributed by atoms with Gasteiger partial charge >= 0.3 is 12.2 Å². The molecule has 0 aliphatic heterocycles. The van der Waals surface area contributed by atoms with Gasteiger partial charge in [0.1, 0.15) is 11.2 Å². The van der Waals surface area contributed by atoms with Crippen molar-refractivity contribution in [2.24, 2.45) is 0 Å². The predicted molar refractivity (Wildman–Crippen MR) is 206 cm³/mol. The van der Waals surface area contributed by atoms with Gasteiger partial charge in [0.05, 0.1) is 45.5 Å². The molecule has 9 heteroatoms. The van der Waals surface area contributed by atoms with E-state index in [1.807, 2.05) is 145 Å². The molecule has 0 saturated carbocycles. The maximum absolute atomic E-state index is 13.8. The van der Waals surface area contributed by atoms with Crippen LogP contribution in [0.5, 0.6) is 0 Å². The first-order chi connectivity index (χ1) is 24.8. The molecule has 6 aromatic rings. The van der Waals surface area contributed by atoms with Crippen molar-refractivity contribution in [3.05, 3.63) is 140 Å². The van der Waals surface area contributed by atoms with Crippen molar-refractivity contribution in [1.29, 1.82) is 0 Å². The number of carbonyl (C=O) groups excluding carboxylic acids is 2. The quantitative estimate of drug-likeness (QED) is 0.164. The summed E-state index contributed by atoms with van der Waals surface area (Å²) in [6.45, 7) is 11.0. The van der Waals surface area contributed by atoms with Gasteiger partial charge in [-0.25, -0.2) is 24.4 Å². The van der Waals surface area contributed by atoms with E-state index in [0.29, 0.717) is 34.1 Å². The van der Waals surface area contributed by atoms with Crippen LogP contribution in [-0.4, -0.2) is 38.3 Å². The van der Waals surface area contributed by atoms with Crippen molar-refractivity contribution in [1.82, 2.24) is 15.0 Å². The number of hydrogen-bond acceptors (Lipinski definition) is 7. The molecule has 52 heavy (non-hydrogen) atoms. The number of carbonyl (C=O) groups is 2. The molecule has 262 valence electrons. The summed E-state index contributed by atoms with van der Waals surface area (Å²) >= 11 is 0. The van der Waals surface area contributed by atoms with Crippen LogP contribution in [0, 0.1) is 0 Å². The number of rotatable bonds is 7. The van der Waals surface area contributed by atoms with Crippen LogP contribution in [0.3, 0.4) is 0 Å². The summed E-state index contributed by atoms with van der Waals surface area (Å²) in [7, 11) is 0. The molecule has 0 bridgehead atoms. The Morgan fingerprint density at radius 2 is 0.846 bits per heavy atom. The first-order valence-electron chi connectivity index (χ1n) is 17.0. The van der Waals surface area contributed by atoms with Crippen LogP contribution in [0.4, 0.5) is 32.3 Å². The zero-order chi connectivity index (χ0) is 36.9. The Bertz CT molecular complexity index is 2070. The van der Waals surface area contributed by atoms with Gasteiger partial charge in [-0.1, -0.05) is 42.5 Å². The van der Waals surface area contributed by atoms with Crippen molar-refractivity contribution in [3.63, 3.8) is 0 Å². The number of ether oxygens (including phenoxy) is 2. The number of benzene rings is 3. The Kier molecular flexibility index (Phi) is 10.1. The number of para-hydroxylation sites is 1. The van der Waals surface area contributed by atoms with Crippen LogP contribution in [-0.2, 0) is 9.47 Å². The number of aromatic nitrogens is 3. The zero-order valence-electron chi connectivity index (χ0n) is 30.1. The van der Waals surface area contributed by atoms with E-state index in [0.717, 1.165) is 22.5 Å². The summed E-state index contributed by atoms with van der Waals surface area (Å²) in [6, 6.07) is 39.6. The van der Waals surface area contributed by atoms with E-state index in [1.54, 1.807) is 36.7 Å². The Hall–Kier alpha value is -6.35. The summed E-state index contributed by atoms with van der Waals surface area (Å²) in [5, 5.41) is 0. The zero-order valence-corrected chi connectivity index (χ0v) is 30.1. The van der Waals surface area contributed by atoms with Gasteiger partial charge in [0.15, 0.2) is 0 Å². The molecule has 0 aliphatic carbocycles. The molecule has 0 atom stereocenters.